The zero-order valence-corrected chi connectivity index (χ0v) is 12.0. The third kappa shape index (κ3) is 2.70. The molecule has 1 aromatic rings. The topological polar surface area (TPSA) is 71.4 Å². The number of aryl methyl sites for hydroxylation is 1. The molecule has 2 heterocycles. The molecule has 3 rings (SSSR count). The Bertz CT molecular complexity index is 633. The number of pyridine rings is 1. The summed E-state index contributed by atoms with van der Waals surface area (Å²) in [6, 6.07) is 2.75. The van der Waals surface area contributed by atoms with Crippen LogP contribution in [0.15, 0.2) is 23.1 Å². The van der Waals surface area contributed by atoms with Gasteiger partial charge in [0.1, 0.15) is 6.04 Å². The van der Waals surface area contributed by atoms with Crippen molar-refractivity contribution in [3.63, 3.8) is 0 Å². The van der Waals surface area contributed by atoms with E-state index in [-0.39, 0.29) is 29.8 Å². The molecule has 112 valence electrons. The van der Waals surface area contributed by atoms with Crippen LogP contribution in [0.5, 0.6) is 0 Å². The normalized spacial score (nSPS) is 22.0. The lowest BCUT2D eigenvalue weighted by Gasteiger charge is -2.16. The van der Waals surface area contributed by atoms with E-state index in [1.54, 1.807) is 16.8 Å². The highest BCUT2D eigenvalue weighted by molar-refractivity contribution is 6.07. The van der Waals surface area contributed by atoms with Crippen molar-refractivity contribution in [2.75, 3.05) is 5.32 Å². The summed E-state index contributed by atoms with van der Waals surface area (Å²) >= 11 is 0. The maximum atomic E-state index is 12.3. The van der Waals surface area contributed by atoms with Gasteiger partial charge in [-0.15, -0.1) is 0 Å². The van der Waals surface area contributed by atoms with Crippen LogP contribution in [0.4, 0.5) is 5.69 Å². The van der Waals surface area contributed by atoms with Gasteiger partial charge in [-0.05, 0) is 25.3 Å². The molecule has 0 spiro atoms. The third-order valence-corrected chi connectivity index (χ3v) is 3.88. The average Bonchev–Trinajstić information content (AvgIpc) is 3.22. The van der Waals surface area contributed by atoms with Gasteiger partial charge in [0.05, 0.1) is 12.1 Å². The van der Waals surface area contributed by atoms with E-state index < -0.39 is 6.04 Å². The number of carbonyl (C=O) groups is 2. The summed E-state index contributed by atoms with van der Waals surface area (Å²) in [5, 5.41) is 3.09. The molecule has 1 atom stereocenters. The average molecular weight is 289 g/mol. The number of hydrogen-bond acceptors (Lipinski definition) is 4. The van der Waals surface area contributed by atoms with Crippen molar-refractivity contribution in [2.45, 2.75) is 51.2 Å². The lowest BCUT2D eigenvalue weighted by atomic mass is 10.2. The number of nitrogens with one attached hydrogen (secondary N) is 1. The van der Waals surface area contributed by atoms with Crippen LogP contribution in [-0.2, 0) is 16.1 Å². The van der Waals surface area contributed by atoms with E-state index in [0.29, 0.717) is 12.2 Å². The van der Waals surface area contributed by atoms with Crippen LogP contribution in [0.3, 0.4) is 0 Å². The molecule has 6 nitrogen and oxygen atoms in total. The van der Waals surface area contributed by atoms with Crippen molar-refractivity contribution in [1.29, 1.82) is 0 Å². The predicted octanol–water partition coefficient (Wildman–Crippen LogP) is 0.960. The molecular weight excluding hydrogens is 270 g/mol. The summed E-state index contributed by atoms with van der Waals surface area (Å²) in [6.45, 7) is 2.64. The zero-order valence-electron chi connectivity index (χ0n) is 12.0. The fourth-order valence-corrected chi connectivity index (χ4v) is 2.71. The molecule has 0 radical (unpaired) electrons. The first kappa shape index (κ1) is 13.9. The SMILES string of the molecule is CCCn1cc(NC2CC(=O)N(C3CC3)C2=O)ccc1=O. The molecule has 1 unspecified atom stereocenters. The number of likely N-dealkylation sites (tertiary alicyclic amines) is 1. The molecule has 1 saturated carbocycles. The van der Waals surface area contributed by atoms with Gasteiger partial charge >= 0.3 is 0 Å². The van der Waals surface area contributed by atoms with E-state index >= 15 is 0 Å². The van der Waals surface area contributed by atoms with E-state index in [9.17, 15) is 14.4 Å². The second-order valence-electron chi connectivity index (χ2n) is 5.68. The lowest BCUT2D eigenvalue weighted by molar-refractivity contribution is -0.139. The van der Waals surface area contributed by atoms with Crippen LogP contribution in [0.25, 0.3) is 0 Å². The summed E-state index contributed by atoms with van der Waals surface area (Å²) in [6.07, 6.45) is 4.61. The highest BCUT2D eigenvalue weighted by atomic mass is 16.2. The van der Waals surface area contributed by atoms with Gasteiger partial charge in [0, 0.05) is 24.8 Å². The van der Waals surface area contributed by atoms with Gasteiger partial charge in [0.15, 0.2) is 0 Å². The van der Waals surface area contributed by atoms with Crippen molar-refractivity contribution in [1.82, 2.24) is 9.47 Å². The minimum absolute atomic E-state index is 0.0594. The molecule has 1 aliphatic heterocycles. The van der Waals surface area contributed by atoms with Crippen LogP contribution in [-0.4, -0.2) is 33.4 Å². The smallest absolute Gasteiger partial charge is 0.252 e. The Balaban J connectivity index is 1.75. The van der Waals surface area contributed by atoms with Gasteiger partial charge in [0.2, 0.25) is 5.91 Å². The van der Waals surface area contributed by atoms with Crippen LogP contribution in [0.2, 0.25) is 0 Å². The Labute approximate surface area is 122 Å². The first-order chi connectivity index (χ1) is 10.1. The molecule has 2 amide bonds. The van der Waals surface area contributed by atoms with E-state index in [1.807, 2.05) is 6.92 Å². The minimum atomic E-state index is -0.509. The third-order valence-electron chi connectivity index (χ3n) is 3.88. The number of rotatable bonds is 5. The number of anilines is 1. The van der Waals surface area contributed by atoms with E-state index in [4.69, 9.17) is 0 Å². The van der Waals surface area contributed by atoms with Crippen LogP contribution in [0, 0.1) is 0 Å². The van der Waals surface area contributed by atoms with Crippen LogP contribution < -0.4 is 10.9 Å². The first-order valence-electron chi connectivity index (χ1n) is 7.43. The quantitative estimate of drug-likeness (QED) is 0.820. The lowest BCUT2D eigenvalue weighted by Crippen LogP contribution is -2.36. The second-order valence-corrected chi connectivity index (χ2v) is 5.68. The van der Waals surface area contributed by atoms with Crippen molar-refractivity contribution in [3.8, 4) is 0 Å². The van der Waals surface area contributed by atoms with Gasteiger partial charge in [-0.3, -0.25) is 19.3 Å². The molecule has 1 aromatic heterocycles. The molecule has 1 aliphatic carbocycles. The number of carbonyl (C=O) groups excluding carboxylic acids is 2. The zero-order chi connectivity index (χ0) is 15.0. The van der Waals surface area contributed by atoms with Gasteiger partial charge in [-0.1, -0.05) is 6.92 Å². The fourth-order valence-electron chi connectivity index (χ4n) is 2.71. The fraction of sp³-hybridized carbons (Fsp3) is 0.533. The highest BCUT2D eigenvalue weighted by Crippen LogP contribution is 2.32. The summed E-state index contributed by atoms with van der Waals surface area (Å²) in [5.41, 5.74) is 0.641. The van der Waals surface area contributed by atoms with Crippen LogP contribution in [0.1, 0.15) is 32.6 Å². The standard InChI is InChI=1S/C15H19N3O3/c1-2-7-17-9-10(3-6-13(17)19)16-12-8-14(20)18(15(12)21)11-4-5-11/h3,6,9,11-12,16H,2,4-5,7-8H2,1H3. The number of aromatic nitrogens is 1. The summed E-state index contributed by atoms with van der Waals surface area (Å²) < 4.78 is 1.61. The van der Waals surface area contributed by atoms with Crippen molar-refractivity contribution >= 4 is 17.5 Å². The molecule has 21 heavy (non-hydrogen) atoms. The molecule has 2 aliphatic rings. The van der Waals surface area contributed by atoms with Crippen molar-refractivity contribution in [3.05, 3.63) is 28.7 Å². The van der Waals surface area contributed by atoms with Gasteiger partial charge in [-0.2, -0.15) is 0 Å². The Kier molecular flexibility index (Phi) is 3.53. The molecule has 1 saturated heterocycles. The monoisotopic (exact) mass is 289 g/mol. The molecule has 2 fully saturated rings. The predicted molar refractivity (Wildman–Crippen MR) is 77.9 cm³/mol. The van der Waals surface area contributed by atoms with Crippen molar-refractivity contribution < 1.29 is 9.59 Å². The number of amides is 2. The second kappa shape index (κ2) is 5.35. The maximum Gasteiger partial charge on any atom is 0.252 e. The Hall–Kier alpha value is -2.11. The Morgan fingerprint density at radius 3 is 2.67 bits per heavy atom. The first-order valence-corrected chi connectivity index (χ1v) is 7.43. The van der Waals surface area contributed by atoms with E-state index in [1.165, 1.54) is 11.0 Å². The molecule has 0 bridgehead atoms. The number of hydrogen-bond donors (Lipinski definition) is 1. The summed E-state index contributed by atoms with van der Waals surface area (Å²) in [4.78, 5) is 37.2. The Morgan fingerprint density at radius 1 is 1.24 bits per heavy atom. The highest BCUT2D eigenvalue weighted by Gasteiger charge is 2.46. The minimum Gasteiger partial charge on any atom is -0.372 e. The number of imide groups is 1. The molecular formula is C15H19N3O3. The Morgan fingerprint density at radius 2 is 2.00 bits per heavy atom. The molecule has 6 heteroatoms. The summed E-state index contributed by atoms with van der Waals surface area (Å²) in [5.74, 6) is -0.238. The van der Waals surface area contributed by atoms with E-state index in [2.05, 4.69) is 5.32 Å². The number of nitrogens with zero attached hydrogens (tertiary/aromatic N) is 2. The largest absolute Gasteiger partial charge is 0.372 e. The van der Waals surface area contributed by atoms with Gasteiger partial charge < -0.3 is 9.88 Å². The maximum absolute atomic E-state index is 12.3. The van der Waals surface area contributed by atoms with Gasteiger partial charge in [-0.25, -0.2) is 0 Å². The van der Waals surface area contributed by atoms with Crippen LogP contribution >= 0.6 is 0 Å². The van der Waals surface area contributed by atoms with E-state index in [0.717, 1.165) is 19.3 Å². The van der Waals surface area contributed by atoms with Gasteiger partial charge in [0.25, 0.3) is 11.5 Å². The molecule has 0 aromatic carbocycles. The van der Waals surface area contributed by atoms with Crippen molar-refractivity contribution in [2.24, 2.45) is 0 Å². The molecule has 1 N–H and O–H groups in total. The summed E-state index contributed by atoms with van der Waals surface area (Å²) in [7, 11) is 0.